The highest BCUT2D eigenvalue weighted by Crippen LogP contribution is 2.37. The lowest BCUT2D eigenvalue weighted by atomic mass is 10.0. The van der Waals surface area contributed by atoms with E-state index in [1.54, 1.807) is 12.3 Å². The van der Waals surface area contributed by atoms with E-state index in [-0.39, 0.29) is 4.21 Å². The van der Waals surface area contributed by atoms with Gasteiger partial charge in [0.1, 0.15) is 4.21 Å². The van der Waals surface area contributed by atoms with Crippen LogP contribution in [0.3, 0.4) is 0 Å². The highest BCUT2D eigenvalue weighted by molar-refractivity contribution is 8.15. The van der Waals surface area contributed by atoms with E-state index >= 15 is 0 Å². The number of benzene rings is 1. The van der Waals surface area contributed by atoms with Crippen molar-refractivity contribution in [3.63, 3.8) is 0 Å². The molecule has 0 N–H and O–H groups in total. The maximum atomic E-state index is 12.5. The van der Waals surface area contributed by atoms with Gasteiger partial charge in [0.25, 0.3) is 9.05 Å². The Morgan fingerprint density at radius 2 is 1.70 bits per heavy atom. The average molecular weight is 341 g/mol. The van der Waals surface area contributed by atoms with Gasteiger partial charge in [-0.2, -0.15) is 13.2 Å². The molecule has 0 spiro atoms. The lowest BCUT2D eigenvalue weighted by Crippen LogP contribution is -2.04. The molecule has 20 heavy (non-hydrogen) atoms. The molecule has 2 nitrogen and oxygen atoms in total. The quantitative estimate of drug-likeness (QED) is 0.744. The van der Waals surface area contributed by atoms with Gasteiger partial charge < -0.3 is 0 Å². The lowest BCUT2D eigenvalue weighted by molar-refractivity contribution is -0.137. The molecule has 0 radical (unpaired) electrons. The smallest absolute Gasteiger partial charge is 0.206 e. The van der Waals surface area contributed by atoms with Crippen LogP contribution in [-0.2, 0) is 15.2 Å². The Morgan fingerprint density at radius 3 is 2.10 bits per heavy atom. The van der Waals surface area contributed by atoms with Crippen molar-refractivity contribution in [2.75, 3.05) is 0 Å². The average Bonchev–Trinajstić information content (AvgIpc) is 2.70. The first-order valence-corrected chi connectivity index (χ1v) is 8.50. The highest BCUT2D eigenvalue weighted by atomic mass is 35.7. The minimum Gasteiger partial charge on any atom is -0.206 e. The molecule has 0 amide bonds. The fourth-order valence-electron chi connectivity index (χ4n) is 1.76. The summed E-state index contributed by atoms with van der Waals surface area (Å²) >= 11 is 0.946. The zero-order valence-corrected chi connectivity index (χ0v) is 12.4. The zero-order chi connectivity index (χ0) is 15.1. The molecule has 0 aliphatic heterocycles. The predicted molar refractivity (Wildman–Crippen MR) is 72.5 cm³/mol. The third kappa shape index (κ3) is 2.99. The molecule has 1 aromatic carbocycles. The minimum atomic E-state index is -4.40. The summed E-state index contributed by atoms with van der Waals surface area (Å²) in [6.07, 6.45) is -4.40. The Bertz CT molecular complexity index is 731. The van der Waals surface area contributed by atoms with E-state index in [1.807, 2.05) is 0 Å². The fraction of sp³-hybridized carbons (Fsp3) is 0.167. The van der Waals surface area contributed by atoms with Gasteiger partial charge in [0.2, 0.25) is 0 Å². The Morgan fingerprint density at radius 1 is 1.15 bits per heavy atom. The molecule has 2 rings (SSSR count). The van der Waals surface area contributed by atoms with E-state index in [1.165, 1.54) is 12.1 Å². The molecule has 2 aromatic rings. The van der Waals surface area contributed by atoms with Crippen molar-refractivity contribution in [3.05, 3.63) is 40.8 Å². The summed E-state index contributed by atoms with van der Waals surface area (Å²) in [5, 5.41) is 1.56. The van der Waals surface area contributed by atoms with Crippen LogP contribution in [0.2, 0.25) is 0 Å². The molecule has 0 fully saturated rings. The van der Waals surface area contributed by atoms with E-state index in [0.717, 1.165) is 23.5 Å². The molecule has 0 saturated heterocycles. The van der Waals surface area contributed by atoms with Crippen LogP contribution in [0.1, 0.15) is 11.1 Å². The Labute approximate surface area is 122 Å². The van der Waals surface area contributed by atoms with Gasteiger partial charge in [-0.15, -0.1) is 11.3 Å². The number of alkyl halides is 3. The van der Waals surface area contributed by atoms with E-state index in [2.05, 4.69) is 0 Å². The van der Waals surface area contributed by atoms with Crippen LogP contribution < -0.4 is 0 Å². The Hall–Kier alpha value is -1.05. The first-order chi connectivity index (χ1) is 9.10. The fourth-order valence-corrected chi connectivity index (χ4v) is 4.34. The van der Waals surface area contributed by atoms with Crippen LogP contribution in [-0.4, -0.2) is 8.42 Å². The largest absolute Gasteiger partial charge is 0.416 e. The van der Waals surface area contributed by atoms with Crippen molar-refractivity contribution in [2.45, 2.75) is 17.3 Å². The van der Waals surface area contributed by atoms with Crippen molar-refractivity contribution in [3.8, 4) is 11.1 Å². The monoisotopic (exact) mass is 340 g/mol. The van der Waals surface area contributed by atoms with Crippen LogP contribution in [0.5, 0.6) is 0 Å². The van der Waals surface area contributed by atoms with Crippen molar-refractivity contribution in [1.29, 1.82) is 0 Å². The van der Waals surface area contributed by atoms with Gasteiger partial charge in [-0.05, 0) is 35.7 Å². The first kappa shape index (κ1) is 15.3. The van der Waals surface area contributed by atoms with Crippen molar-refractivity contribution in [1.82, 2.24) is 0 Å². The second-order valence-corrected chi connectivity index (χ2v) is 7.72. The molecular weight excluding hydrogens is 333 g/mol. The molecule has 0 bridgehead atoms. The van der Waals surface area contributed by atoms with Crippen LogP contribution in [0.4, 0.5) is 13.2 Å². The molecule has 0 aliphatic carbocycles. The van der Waals surface area contributed by atoms with Gasteiger partial charge in [-0.25, -0.2) is 8.42 Å². The summed E-state index contributed by atoms with van der Waals surface area (Å²) in [6, 6.07) is 4.54. The summed E-state index contributed by atoms with van der Waals surface area (Å²) in [5.41, 5.74) is 0.755. The Balaban J connectivity index is 2.46. The van der Waals surface area contributed by atoms with Crippen LogP contribution >= 0.6 is 22.0 Å². The van der Waals surface area contributed by atoms with E-state index in [4.69, 9.17) is 10.7 Å². The molecular formula is C12H8ClF3O2S2. The summed E-state index contributed by atoms with van der Waals surface area (Å²) in [4.78, 5) is 0. The van der Waals surface area contributed by atoms with E-state index in [0.29, 0.717) is 16.7 Å². The van der Waals surface area contributed by atoms with Gasteiger partial charge in [-0.3, -0.25) is 0 Å². The van der Waals surface area contributed by atoms with Crippen LogP contribution in [0, 0.1) is 6.92 Å². The molecule has 0 saturated carbocycles. The number of hydrogen-bond donors (Lipinski definition) is 0. The SMILES string of the molecule is Cc1c(-c2ccc(C(F)(F)F)cc2)csc1S(=O)(=O)Cl. The van der Waals surface area contributed by atoms with Gasteiger partial charge in [0.05, 0.1) is 5.56 Å². The third-order valence-corrected chi connectivity index (χ3v) is 6.05. The highest BCUT2D eigenvalue weighted by Gasteiger charge is 2.30. The van der Waals surface area contributed by atoms with Crippen molar-refractivity contribution >= 4 is 31.1 Å². The molecule has 8 heteroatoms. The van der Waals surface area contributed by atoms with E-state index in [9.17, 15) is 21.6 Å². The number of thiophene rings is 1. The van der Waals surface area contributed by atoms with Crippen LogP contribution in [0.15, 0.2) is 33.9 Å². The Kier molecular flexibility index (Phi) is 3.88. The molecule has 108 valence electrons. The predicted octanol–water partition coefficient (Wildman–Crippen LogP) is 4.67. The maximum absolute atomic E-state index is 12.5. The topological polar surface area (TPSA) is 34.1 Å². The minimum absolute atomic E-state index is 0.00839. The molecule has 0 atom stereocenters. The summed E-state index contributed by atoms with van der Waals surface area (Å²) in [6.45, 7) is 1.57. The number of rotatable bonds is 2. The second kappa shape index (κ2) is 5.05. The lowest BCUT2D eigenvalue weighted by Gasteiger charge is -2.07. The summed E-state index contributed by atoms with van der Waals surface area (Å²) in [7, 11) is 1.44. The van der Waals surface area contributed by atoms with Gasteiger partial charge in [0, 0.05) is 16.1 Å². The molecule has 1 heterocycles. The van der Waals surface area contributed by atoms with E-state index < -0.39 is 20.8 Å². The zero-order valence-electron chi connectivity index (χ0n) is 10.0. The normalized spacial score (nSPS) is 12.7. The van der Waals surface area contributed by atoms with Gasteiger partial charge in [-0.1, -0.05) is 12.1 Å². The second-order valence-electron chi connectivity index (χ2n) is 4.07. The van der Waals surface area contributed by atoms with Crippen molar-refractivity contribution < 1.29 is 21.6 Å². The van der Waals surface area contributed by atoms with Gasteiger partial charge in [0.15, 0.2) is 0 Å². The molecule has 1 aromatic heterocycles. The van der Waals surface area contributed by atoms with Crippen LogP contribution in [0.25, 0.3) is 11.1 Å². The standard InChI is InChI=1S/C12H8ClF3O2S2/c1-7-10(6-19-11(7)20(13,17)18)8-2-4-9(5-3-8)12(14,15)16/h2-6H,1H3. The maximum Gasteiger partial charge on any atom is 0.416 e. The molecule has 0 aliphatic rings. The summed E-state index contributed by atoms with van der Waals surface area (Å²) in [5.74, 6) is 0. The third-order valence-electron chi connectivity index (χ3n) is 2.74. The number of halogens is 4. The summed E-state index contributed by atoms with van der Waals surface area (Å²) < 4.78 is 60.0. The first-order valence-electron chi connectivity index (χ1n) is 5.31. The molecule has 0 unspecified atom stereocenters. The number of hydrogen-bond acceptors (Lipinski definition) is 3. The van der Waals surface area contributed by atoms with Gasteiger partial charge >= 0.3 is 6.18 Å². The van der Waals surface area contributed by atoms with Crippen molar-refractivity contribution in [2.24, 2.45) is 0 Å².